The topological polar surface area (TPSA) is 200 Å². The Morgan fingerprint density at radius 1 is 1.09 bits per heavy atom. The average molecular weight is 487 g/mol. The minimum atomic E-state index is -1.50. The summed E-state index contributed by atoms with van der Waals surface area (Å²) in [6, 6.07) is -4.42. The molecule has 0 aliphatic heterocycles. The van der Waals surface area contributed by atoms with Crippen LogP contribution in [0.5, 0.6) is 0 Å². The second kappa shape index (κ2) is 14.5. The van der Waals surface area contributed by atoms with Crippen LogP contribution in [0.4, 0.5) is 0 Å². The van der Waals surface area contributed by atoms with Gasteiger partial charge in [-0.1, -0.05) is 13.8 Å². The number of carbonyl (C=O) groups excluding carboxylic acids is 3. The van der Waals surface area contributed by atoms with Crippen LogP contribution < -0.4 is 21.7 Å². The van der Waals surface area contributed by atoms with Gasteiger partial charge in [-0.3, -0.25) is 14.4 Å². The molecule has 33 heavy (non-hydrogen) atoms. The van der Waals surface area contributed by atoms with Crippen molar-refractivity contribution in [2.45, 2.75) is 57.3 Å². The number of rotatable bonds is 15. The van der Waals surface area contributed by atoms with Gasteiger partial charge in [-0.25, -0.2) is 9.78 Å². The standard InChI is InChI=1S/C20H34N6O6S/c1-11(2)6-14(18(29)26-16(9-27)20(31)32)25-19(30)15(7-12-8-22-10-23-12)24-17(28)13(21)4-5-33-3/h8,10-11,13-16,27H,4-7,9,21H2,1-3H3,(H,22,23)(H,24,28)(H,25,30)(H,26,29)(H,31,32). The quantitative estimate of drug-likeness (QED) is 0.156. The highest BCUT2D eigenvalue weighted by atomic mass is 32.2. The number of aliphatic hydroxyl groups excluding tert-OH is 1. The maximum atomic E-state index is 13.1. The second-order valence-corrected chi connectivity index (χ2v) is 8.99. The van der Waals surface area contributed by atoms with Gasteiger partial charge in [0.25, 0.3) is 0 Å². The van der Waals surface area contributed by atoms with E-state index >= 15 is 0 Å². The van der Waals surface area contributed by atoms with Gasteiger partial charge in [0, 0.05) is 18.3 Å². The number of aromatic nitrogens is 2. The highest BCUT2D eigenvalue weighted by Crippen LogP contribution is 2.08. The van der Waals surface area contributed by atoms with Crippen LogP contribution in [0.3, 0.4) is 0 Å². The maximum Gasteiger partial charge on any atom is 0.328 e. The molecule has 0 aromatic carbocycles. The van der Waals surface area contributed by atoms with Crippen LogP contribution in [0, 0.1) is 5.92 Å². The summed E-state index contributed by atoms with van der Waals surface area (Å²) in [5.41, 5.74) is 6.51. The molecule has 3 amide bonds. The van der Waals surface area contributed by atoms with Gasteiger partial charge in [-0.15, -0.1) is 0 Å². The zero-order chi connectivity index (χ0) is 25.0. The Morgan fingerprint density at radius 2 is 1.70 bits per heavy atom. The van der Waals surface area contributed by atoms with Gasteiger partial charge in [0.2, 0.25) is 17.7 Å². The number of aliphatic hydroxyl groups is 1. The van der Waals surface area contributed by atoms with E-state index in [9.17, 15) is 24.3 Å². The van der Waals surface area contributed by atoms with Crippen LogP contribution in [-0.2, 0) is 25.6 Å². The average Bonchev–Trinajstić information content (AvgIpc) is 3.27. The minimum Gasteiger partial charge on any atom is -0.480 e. The number of aromatic amines is 1. The Labute approximate surface area is 196 Å². The molecule has 8 N–H and O–H groups in total. The van der Waals surface area contributed by atoms with Crippen LogP contribution >= 0.6 is 11.8 Å². The van der Waals surface area contributed by atoms with Crippen LogP contribution in [0.2, 0.25) is 0 Å². The fourth-order valence-corrected chi connectivity index (χ4v) is 3.40. The first-order valence-corrected chi connectivity index (χ1v) is 11.9. The zero-order valence-electron chi connectivity index (χ0n) is 19.0. The zero-order valence-corrected chi connectivity index (χ0v) is 19.9. The number of hydrogen-bond acceptors (Lipinski definition) is 8. The lowest BCUT2D eigenvalue weighted by molar-refractivity contribution is -0.143. The molecule has 1 heterocycles. The summed E-state index contributed by atoms with van der Waals surface area (Å²) >= 11 is 1.55. The van der Waals surface area contributed by atoms with E-state index in [0.717, 1.165) is 0 Å². The van der Waals surface area contributed by atoms with Crippen molar-refractivity contribution in [1.29, 1.82) is 0 Å². The number of nitrogens with two attached hydrogens (primary N) is 1. The first kappa shape index (κ1) is 28.4. The third-order valence-corrected chi connectivity index (χ3v) is 5.36. The molecule has 0 aliphatic carbocycles. The van der Waals surface area contributed by atoms with E-state index < -0.39 is 54.5 Å². The Hall–Kier alpha value is -2.64. The molecule has 13 heteroatoms. The monoisotopic (exact) mass is 486 g/mol. The van der Waals surface area contributed by atoms with Crippen molar-refractivity contribution in [2.24, 2.45) is 11.7 Å². The molecule has 0 bridgehead atoms. The van der Waals surface area contributed by atoms with Crippen LogP contribution in [0.1, 0.15) is 32.4 Å². The molecule has 0 aliphatic rings. The number of nitrogens with zero attached hydrogens (tertiary/aromatic N) is 1. The smallest absolute Gasteiger partial charge is 0.328 e. The number of carboxylic acids is 1. The number of aliphatic carboxylic acids is 1. The van der Waals surface area contributed by atoms with Crippen molar-refractivity contribution in [2.75, 3.05) is 18.6 Å². The molecule has 4 atom stereocenters. The van der Waals surface area contributed by atoms with E-state index in [1.54, 1.807) is 11.8 Å². The molecule has 0 saturated carbocycles. The van der Waals surface area contributed by atoms with Crippen molar-refractivity contribution in [3.05, 3.63) is 18.2 Å². The molecule has 1 aromatic heterocycles. The van der Waals surface area contributed by atoms with Gasteiger partial charge >= 0.3 is 5.97 Å². The van der Waals surface area contributed by atoms with E-state index in [0.29, 0.717) is 17.9 Å². The van der Waals surface area contributed by atoms with Crippen molar-refractivity contribution >= 4 is 35.5 Å². The Morgan fingerprint density at radius 3 is 2.21 bits per heavy atom. The van der Waals surface area contributed by atoms with Gasteiger partial charge < -0.3 is 36.9 Å². The summed E-state index contributed by atoms with van der Waals surface area (Å²) in [4.78, 5) is 56.2. The van der Waals surface area contributed by atoms with Gasteiger partial charge in [-0.2, -0.15) is 11.8 Å². The van der Waals surface area contributed by atoms with E-state index in [4.69, 9.17) is 10.8 Å². The van der Waals surface area contributed by atoms with Crippen molar-refractivity contribution in [3.8, 4) is 0 Å². The fourth-order valence-electron chi connectivity index (χ4n) is 2.91. The molecule has 186 valence electrons. The molecule has 0 radical (unpaired) electrons. The van der Waals surface area contributed by atoms with Crippen molar-refractivity contribution < 1.29 is 29.4 Å². The Bertz CT molecular complexity index is 775. The molecule has 0 fully saturated rings. The lowest BCUT2D eigenvalue weighted by atomic mass is 10.0. The highest BCUT2D eigenvalue weighted by molar-refractivity contribution is 7.98. The number of nitrogens with one attached hydrogen (secondary N) is 4. The van der Waals surface area contributed by atoms with Crippen LogP contribution in [0.15, 0.2) is 12.5 Å². The summed E-state index contributed by atoms with van der Waals surface area (Å²) in [6.45, 7) is 2.87. The van der Waals surface area contributed by atoms with Gasteiger partial charge in [-0.05, 0) is 30.8 Å². The first-order chi connectivity index (χ1) is 15.6. The van der Waals surface area contributed by atoms with E-state index in [1.807, 2.05) is 20.1 Å². The third kappa shape index (κ3) is 10.2. The lowest BCUT2D eigenvalue weighted by Crippen LogP contribution is -2.58. The number of carbonyl (C=O) groups is 4. The number of H-pyrrole nitrogens is 1. The van der Waals surface area contributed by atoms with E-state index in [2.05, 4.69) is 25.9 Å². The second-order valence-electron chi connectivity index (χ2n) is 8.00. The van der Waals surface area contributed by atoms with Gasteiger partial charge in [0.1, 0.15) is 18.1 Å². The van der Waals surface area contributed by atoms with Crippen LogP contribution in [-0.4, -0.2) is 86.7 Å². The summed E-state index contributed by atoms with van der Waals surface area (Å²) in [5, 5.41) is 25.7. The Balaban J connectivity index is 2.99. The number of thioether (sulfide) groups is 1. The number of carboxylic acid groups (broad SMARTS) is 1. The molecular weight excluding hydrogens is 452 g/mol. The molecular formula is C20H34N6O6S. The third-order valence-electron chi connectivity index (χ3n) is 4.72. The number of imidazole rings is 1. The maximum absolute atomic E-state index is 13.1. The molecule has 1 rings (SSSR count). The molecule has 0 spiro atoms. The predicted molar refractivity (Wildman–Crippen MR) is 123 cm³/mol. The number of hydrogen-bond donors (Lipinski definition) is 7. The molecule has 12 nitrogen and oxygen atoms in total. The van der Waals surface area contributed by atoms with E-state index in [-0.39, 0.29) is 18.8 Å². The summed E-state index contributed by atoms with van der Waals surface area (Å²) in [7, 11) is 0. The van der Waals surface area contributed by atoms with Crippen molar-refractivity contribution in [1.82, 2.24) is 25.9 Å². The highest BCUT2D eigenvalue weighted by Gasteiger charge is 2.30. The summed E-state index contributed by atoms with van der Waals surface area (Å²) < 4.78 is 0. The fraction of sp³-hybridized carbons (Fsp3) is 0.650. The van der Waals surface area contributed by atoms with Crippen LogP contribution in [0.25, 0.3) is 0 Å². The first-order valence-electron chi connectivity index (χ1n) is 10.6. The molecule has 0 saturated heterocycles. The largest absolute Gasteiger partial charge is 0.480 e. The normalized spacial score (nSPS) is 14.7. The lowest BCUT2D eigenvalue weighted by Gasteiger charge is -2.25. The Kier molecular flexibility index (Phi) is 12.5. The number of amides is 3. The van der Waals surface area contributed by atoms with E-state index in [1.165, 1.54) is 12.5 Å². The summed E-state index contributed by atoms with van der Waals surface area (Å²) in [5.74, 6) is -2.62. The van der Waals surface area contributed by atoms with Gasteiger partial charge in [0.15, 0.2) is 0 Å². The molecule has 4 unspecified atom stereocenters. The minimum absolute atomic E-state index is 0.0148. The summed E-state index contributed by atoms with van der Waals surface area (Å²) in [6.07, 6.45) is 5.57. The van der Waals surface area contributed by atoms with Gasteiger partial charge in [0.05, 0.1) is 19.0 Å². The predicted octanol–water partition coefficient (Wildman–Crippen LogP) is -1.39. The SMILES string of the molecule is CSCCC(N)C(=O)NC(Cc1cnc[nH]1)C(=O)NC(CC(C)C)C(=O)NC(CO)C(=O)O. The van der Waals surface area contributed by atoms with Crippen molar-refractivity contribution in [3.63, 3.8) is 0 Å². The molecule has 1 aromatic rings.